The van der Waals surface area contributed by atoms with Crippen molar-refractivity contribution in [2.75, 3.05) is 33.9 Å². The molecule has 1 aliphatic heterocycles. The zero-order chi connectivity index (χ0) is 24.6. The number of hydrogen-bond acceptors (Lipinski definition) is 7. The second kappa shape index (κ2) is 9.85. The van der Waals surface area contributed by atoms with E-state index in [0.29, 0.717) is 39.0 Å². The maximum absolute atomic E-state index is 13.3. The standard InChI is InChI=1S/C26H26ClN3O3S2/c1-29-11-3-10-26(34,14-29)15-33-21-9-8-19(12-22(21)32-2)30-16-28-20-13-23(35-24(20)25(30)31)17-4-6-18(27)7-5-17/h4-9,12-13,16,34H,3,10-11,14-15H2,1-2H3. The van der Waals surface area contributed by atoms with Crippen molar-refractivity contribution in [2.24, 2.45) is 0 Å². The highest BCUT2D eigenvalue weighted by atomic mass is 35.5. The second-order valence-electron chi connectivity index (χ2n) is 8.94. The van der Waals surface area contributed by atoms with Gasteiger partial charge in [0.15, 0.2) is 11.5 Å². The molecule has 1 atom stereocenters. The molecule has 1 fully saturated rings. The molecule has 2 aromatic heterocycles. The van der Waals surface area contributed by atoms with Crippen LogP contribution in [0, 0.1) is 0 Å². The van der Waals surface area contributed by atoms with Crippen LogP contribution in [0.1, 0.15) is 12.8 Å². The fourth-order valence-electron chi connectivity index (χ4n) is 4.45. The summed E-state index contributed by atoms with van der Waals surface area (Å²) >= 11 is 12.3. The summed E-state index contributed by atoms with van der Waals surface area (Å²) in [5.74, 6) is 1.18. The summed E-state index contributed by atoms with van der Waals surface area (Å²) in [6.45, 7) is 2.43. The molecular weight excluding hydrogens is 502 g/mol. The third-order valence-electron chi connectivity index (χ3n) is 6.23. The number of aromatic nitrogens is 2. The molecule has 0 N–H and O–H groups in total. The second-order valence-corrected chi connectivity index (χ2v) is 11.4. The average molecular weight is 528 g/mol. The molecule has 9 heteroatoms. The average Bonchev–Trinajstić information content (AvgIpc) is 3.29. The highest BCUT2D eigenvalue weighted by molar-refractivity contribution is 7.81. The Kier molecular flexibility index (Phi) is 6.81. The van der Waals surface area contributed by atoms with Crippen LogP contribution in [-0.4, -0.2) is 53.1 Å². The van der Waals surface area contributed by atoms with Crippen LogP contribution in [0.5, 0.6) is 11.5 Å². The number of thiol groups is 1. The van der Waals surface area contributed by atoms with E-state index in [1.165, 1.54) is 15.9 Å². The largest absolute Gasteiger partial charge is 0.493 e. The van der Waals surface area contributed by atoms with Gasteiger partial charge in [0.25, 0.3) is 5.56 Å². The predicted octanol–water partition coefficient (Wildman–Crippen LogP) is 5.55. The number of rotatable bonds is 6. The molecule has 6 nitrogen and oxygen atoms in total. The molecule has 0 radical (unpaired) electrons. The van der Waals surface area contributed by atoms with Crippen LogP contribution in [0.15, 0.2) is 59.7 Å². The monoisotopic (exact) mass is 527 g/mol. The van der Waals surface area contributed by atoms with Crippen LogP contribution in [0.3, 0.4) is 0 Å². The van der Waals surface area contributed by atoms with Gasteiger partial charge in [0.2, 0.25) is 0 Å². The lowest BCUT2D eigenvalue weighted by Gasteiger charge is -2.37. The van der Waals surface area contributed by atoms with Gasteiger partial charge in [-0.15, -0.1) is 11.3 Å². The Balaban J connectivity index is 1.42. The molecule has 35 heavy (non-hydrogen) atoms. The molecule has 5 rings (SSSR count). The van der Waals surface area contributed by atoms with Crippen LogP contribution < -0.4 is 15.0 Å². The number of halogens is 1. The molecule has 0 amide bonds. The van der Waals surface area contributed by atoms with Gasteiger partial charge in [-0.25, -0.2) is 4.98 Å². The minimum Gasteiger partial charge on any atom is -0.493 e. The van der Waals surface area contributed by atoms with Crippen molar-refractivity contribution in [3.8, 4) is 27.6 Å². The fourth-order valence-corrected chi connectivity index (χ4v) is 6.08. The Hall–Kier alpha value is -2.52. The van der Waals surface area contributed by atoms with E-state index >= 15 is 0 Å². The number of methoxy groups -OCH3 is 1. The van der Waals surface area contributed by atoms with Gasteiger partial charge < -0.3 is 14.4 Å². The van der Waals surface area contributed by atoms with Crippen molar-refractivity contribution in [1.82, 2.24) is 14.5 Å². The third-order valence-corrected chi connectivity index (χ3v) is 8.14. The van der Waals surface area contributed by atoms with E-state index in [2.05, 4.69) is 16.9 Å². The molecule has 2 aromatic carbocycles. The van der Waals surface area contributed by atoms with Crippen LogP contribution in [0.2, 0.25) is 5.02 Å². The molecule has 0 saturated carbocycles. The van der Waals surface area contributed by atoms with Crippen LogP contribution in [0.4, 0.5) is 0 Å². The van der Waals surface area contributed by atoms with Crippen molar-refractivity contribution < 1.29 is 9.47 Å². The minimum absolute atomic E-state index is 0.129. The first-order chi connectivity index (χ1) is 16.8. The van der Waals surface area contributed by atoms with Crippen molar-refractivity contribution >= 4 is 45.8 Å². The zero-order valence-corrected chi connectivity index (χ0v) is 22.0. The van der Waals surface area contributed by atoms with Gasteiger partial charge in [-0.1, -0.05) is 23.7 Å². The normalized spacial score (nSPS) is 18.6. The quantitative estimate of drug-likeness (QED) is 0.333. The Morgan fingerprint density at radius 2 is 1.97 bits per heavy atom. The number of thiophene rings is 1. The molecular formula is C26H26ClN3O3S2. The topological polar surface area (TPSA) is 56.6 Å². The van der Waals surface area contributed by atoms with Crippen molar-refractivity contribution in [3.05, 3.63) is 70.2 Å². The maximum atomic E-state index is 13.3. The Morgan fingerprint density at radius 3 is 2.71 bits per heavy atom. The number of likely N-dealkylation sites (tertiary alicyclic amines) is 1. The van der Waals surface area contributed by atoms with Gasteiger partial charge in [-0.2, -0.15) is 12.6 Å². The molecule has 1 unspecified atom stereocenters. The van der Waals surface area contributed by atoms with E-state index in [-0.39, 0.29) is 10.3 Å². The lowest BCUT2D eigenvalue weighted by Crippen LogP contribution is -2.46. The Bertz CT molecular complexity index is 1420. The van der Waals surface area contributed by atoms with Gasteiger partial charge in [0.1, 0.15) is 17.6 Å². The lowest BCUT2D eigenvalue weighted by molar-refractivity contribution is 0.171. The highest BCUT2D eigenvalue weighted by Gasteiger charge is 2.31. The fraction of sp³-hybridized carbons (Fsp3) is 0.308. The van der Waals surface area contributed by atoms with E-state index in [1.54, 1.807) is 19.5 Å². The minimum atomic E-state index is -0.205. The molecule has 1 saturated heterocycles. The van der Waals surface area contributed by atoms with E-state index in [0.717, 1.165) is 36.4 Å². The first-order valence-corrected chi connectivity index (χ1v) is 13.0. The van der Waals surface area contributed by atoms with Crippen LogP contribution >= 0.6 is 35.6 Å². The summed E-state index contributed by atoms with van der Waals surface area (Å²) in [5, 5.41) is 0.673. The SMILES string of the molecule is COc1cc(-n2cnc3cc(-c4ccc(Cl)cc4)sc3c2=O)ccc1OCC1(S)CCCN(C)C1. The number of hydrogen-bond donors (Lipinski definition) is 1. The lowest BCUT2D eigenvalue weighted by atomic mass is 9.98. The number of fused-ring (bicyclic) bond motifs is 1. The Labute approximate surface area is 218 Å². The van der Waals surface area contributed by atoms with E-state index < -0.39 is 0 Å². The molecule has 0 spiro atoms. The maximum Gasteiger partial charge on any atom is 0.275 e. The van der Waals surface area contributed by atoms with Gasteiger partial charge >= 0.3 is 0 Å². The molecule has 182 valence electrons. The summed E-state index contributed by atoms with van der Waals surface area (Å²) in [4.78, 5) is 21.1. The van der Waals surface area contributed by atoms with Crippen LogP contribution in [0.25, 0.3) is 26.3 Å². The van der Waals surface area contributed by atoms with Gasteiger partial charge in [0.05, 0.1) is 23.1 Å². The smallest absolute Gasteiger partial charge is 0.275 e. The van der Waals surface area contributed by atoms with Gasteiger partial charge in [-0.3, -0.25) is 9.36 Å². The molecule has 0 bridgehead atoms. The number of ether oxygens (including phenoxy) is 2. The van der Waals surface area contributed by atoms with Crippen molar-refractivity contribution in [2.45, 2.75) is 17.6 Å². The highest BCUT2D eigenvalue weighted by Crippen LogP contribution is 2.34. The van der Waals surface area contributed by atoms with E-state index in [9.17, 15) is 4.79 Å². The number of piperidine rings is 1. The molecule has 0 aliphatic carbocycles. The van der Waals surface area contributed by atoms with Crippen molar-refractivity contribution in [3.63, 3.8) is 0 Å². The summed E-state index contributed by atoms with van der Waals surface area (Å²) in [5.41, 5.74) is 2.20. The third kappa shape index (κ3) is 5.07. The molecule has 1 aliphatic rings. The van der Waals surface area contributed by atoms with Crippen LogP contribution in [-0.2, 0) is 0 Å². The van der Waals surface area contributed by atoms with Gasteiger partial charge in [-0.05, 0) is 62.3 Å². The number of nitrogens with zero attached hydrogens (tertiary/aromatic N) is 3. The van der Waals surface area contributed by atoms with Crippen molar-refractivity contribution in [1.29, 1.82) is 0 Å². The number of benzene rings is 2. The molecule has 3 heterocycles. The first kappa shape index (κ1) is 24.2. The van der Waals surface area contributed by atoms with Gasteiger partial charge in [0, 0.05) is 22.5 Å². The van der Waals surface area contributed by atoms with E-state index in [4.69, 9.17) is 33.7 Å². The first-order valence-electron chi connectivity index (χ1n) is 11.3. The molecule has 4 aromatic rings. The van der Waals surface area contributed by atoms with E-state index in [1.807, 2.05) is 42.5 Å². The summed E-state index contributed by atoms with van der Waals surface area (Å²) in [6.07, 6.45) is 3.65. The summed E-state index contributed by atoms with van der Waals surface area (Å²) in [6, 6.07) is 15.0. The summed E-state index contributed by atoms with van der Waals surface area (Å²) in [7, 11) is 3.70. The predicted molar refractivity (Wildman–Crippen MR) is 146 cm³/mol. The zero-order valence-electron chi connectivity index (χ0n) is 19.5. The summed E-state index contributed by atoms with van der Waals surface area (Å²) < 4.78 is 13.7. The Morgan fingerprint density at radius 1 is 1.17 bits per heavy atom.